The third kappa shape index (κ3) is 4.01. The molecular formula is C26H31NO4. The van der Waals surface area contributed by atoms with E-state index in [1.807, 2.05) is 24.3 Å². The third-order valence-corrected chi connectivity index (χ3v) is 6.05. The average Bonchev–Trinajstić information content (AvgIpc) is 2.74. The molecule has 0 saturated carbocycles. The van der Waals surface area contributed by atoms with E-state index in [2.05, 4.69) is 38.2 Å². The Kier molecular flexibility index (Phi) is 5.69. The lowest BCUT2D eigenvalue weighted by atomic mass is 9.68. The van der Waals surface area contributed by atoms with Crippen LogP contribution in [-0.2, 0) is 4.79 Å². The first kappa shape index (κ1) is 21.3. The molecule has 0 saturated heterocycles. The van der Waals surface area contributed by atoms with Crippen LogP contribution in [0.4, 0.5) is 5.69 Å². The molecule has 0 bridgehead atoms. The van der Waals surface area contributed by atoms with Gasteiger partial charge in [0.1, 0.15) is 5.75 Å². The summed E-state index contributed by atoms with van der Waals surface area (Å²) >= 11 is 0. The third-order valence-electron chi connectivity index (χ3n) is 6.05. The van der Waals surface area contributed by atoms with Gasteiger partial charge < -0.3 is 19.5 Å². The van der Waals surface area contributed by atoms with Crippen LogP contribution in [-0.4, -0.2) is 26.6 Å². The highest BCUT2D eigenvalue weighted by Crippen LogP contribution is 2.51. The van der Waals surface area contributed by atoms with Crippen LogP contribution in [0, 0.1) is 5.41 Å². The number of ether oxygens (including phenoxy) is 3. The Morgan fingerprint density at radius 2 is 1.71 bits per heavy atom. The normalized spacial score (nSPS) is 19.3. The zero-order valence-corrected chi connectivity index (χ0v) is 19.0. The summed E-state index contributed by atoms with van der Waals surface area (Å²) < 4.78 is 16.9. The van der Waals surface area contributed by atoms with E-state index in [0.29, 0.717) is 24.5 Å². The van der Waals surface area contributed by atoms with Crippen LogP contribution in [0.3, 0.4) is 0 Å². The molecule has 0 amide bonds. The molecule has 0 unspecified atom stereocenters. The molecule has 5 nitrogen and oxygen atoms in total. The van der Waals surface area contributed by atoms with E-state index in [1.165, 1.54) is 0 Å². The number of ketones is 1. The van der Waals surface area contributed by atoms with Gasteiger partial charge in [-0.25, -0.2) is 0 Å². The van der Waals surface area contributed by atoms with Crippen molar-refractivity contribution in [2.24, 2.45) is 5.41 Å². The average molecular weight is 422 g/mol. The van der Waals surface area contributed by atoms with Crippen LogP contribution in [0.25, 0.3) is 0 Å². The van der Waals surface area contributed by atoms with Crippen molar-refractivity contribution in [1.29, 1.82) is 0 Å². The molecule has 1 heterocycles. The molecule has 2 aliphatic rings. The van der Waals surface area contributed by atoms with E-state index in [-0.39, 0.29) is 17.1 Å². The number of Topliss-reactive ketones (excluding diaryl/α,β-unsaturated/α-hetero) is 1. The number of anilines is 1. The van der Waals surface area contributed by atoms with Gasteiger partial charge in [-0.3, -0.25) is 4.79 Å². The number of carbonyl (C=O) groups is 1. The summed E-state index contributed by atoms with van der Waals surface area (Å²) in [7, 11) is 3.27. The Morgan fingerprint density at radius 1 is 1.03 bits per heavy atom. The quantitative estimate of drug-likeness (QED) is 0.649. The fourth-order valence-electron chi connectivity index (χ4n) is 4.66. The molecule has 1 N–H and O–H groups in total. The van der Waals surface area contributed by atoms with E-state index in [0.717, 1.165) is 46.7 Å². The van der Waals surface area contributed by atoms with E-state index < -0.39 is 0 Å². The first-order chi connectivity index (χ1) is 14.9. The first-order valence-electron chi connectivity index (χ1n) is 10.9. The van der Waals surface area contributed by atoms with Crippen molar-refractivity contribution in [3.63, 3.8) is 0 Å². The van der Waals surface area contributed by atoms with Gasteiger partial charge >= 0.3 is 0 Å². The molecule has 1 atom stereocenters. The summed E-state index contributed by atoms with van der Waals surface area (Å²) in [6.45, 7) is 7.08. The molecule has 2 aromatic rings. The van der Waals surface area contributed by atoms with Gasteiger partial charge in [0.05, 0.1) is 20.8 Å². The monoisotopic (exact) mass is 421 g/mol. The molecule has 31 heavy (non-hydrogen) atoms. The highest BCUT2D eigenvalue weighted by Gasteiger charge is 2.41. The van der Waals surface area contributed by atoms with Crippen molar-refractivity contribution in [1.82, 2.24) is 0 Å². The van der Waals surface area contributed by atoms with Crippen molar-refractivity contribution < 1.29 is 19.0 Å². The lowest BCUT2D eigenvalue weighted by Gasteiger charge is -2.39. The van der Waals surface area contributed by atoms with Crippen LogP contribution >= 0.6 is 0 Å². The van der Waals surface area contributed by atoms with Crippen LogP contribution in [0.2, 0.25) is 0 Å². The summed E-state index contributed by atoms with van der Waals surface area (Å²) in [4.78, 5) is 13.3. The summed E-state index contributed by atoms with van der Waals surface area (Å²) in [5, 5.41) is 3.55. The Labute approximate surface area is 184 Å². The molecule has 5 heteroatoms. The molecule has 4 rings (SSSR count). The number of allylic oxidation sites excluding steroid dienone is 2. The van der Waals surface area contributed by atoms with Crippen LogP contribution in [0.1, 0.15) is 57.1 Å². The fourth-order valence-corrected chi connectivity index (χ4v) is 4.66. The van der Waals surface area contributed by atoms with Crippen molar-refractivity contribution in [2.45, 2.75) is 46.0 Å². The van der Waals surface area contributed by atoms with Gasteiger partial charge in [-0.15, -0.1) is 0 Å². The molecule has 0 spiro atoms. The van der Waals surface area contributed by atoms with Gasteiger partial charge in [0.2, 0.25) is 0 Å². The minimum Gasteiger partial charge on any atom is -0.494 e. The summed E-state index contributed by atoms with van der Waals surface area (Å²) in [5.74, 6) is 2.22. The molecule has 164 valence electrons. The van der Waals surface area contributed by atoms with Crippen molar-refractivity contribution >= 4 is 11.5 Å². The standard InChI is InChI=1S/C26H31NO4/c1-6-11-31-17-9-7-16(8-10-17)24-18-12-22(29-4)23(30-5)13-19(18)27-20-14-26(2,3)15-21(28)25(20)24/h7-10,12-13,24,27H,6,11,14-15H2,1-5H3/t24-/m1/s1. The van der Waals surface area contributed by atoms with Gasteiger partial charge in [-0.1, -0.05) is 32.9 Å². The SMILES string of the molecule is CCCOc1ccc([C@H]2C3=C(CC(C)(C)CC3=O)Nc3cc(OC)c(OC)cc32)cc1. The summed E-state index contributed by atoms with van der Waals surface area (Å²) in [5.41, 5.74) is 4.85. The first-order valence-corrected chi connectivity index (χ1v) is 10.9. The number of nitrogens with one attached hydrogen (secondary N) is 1. The zero-order chi connectivity index (χ0) is 22.2. The second-order valence-corrected chi connectivity index (χ2v) is 9.10. The maximum Gasteiger partial charge on any atom is 0.162 e. The lowest BCUT2D eigenvalue weighted by Crippen LogP contribution is -2.33. The number of methoxy groups -OCH3 is 2. The fraction of sp³-hybridized carbons (Fsp3) is 0.423. The molecule has 0 radical (unpaired) electrons. The smallest absolute Gasteiger partial charge is 0.162 e. The predicted octanol–water partition coefficient (Wildman–Crippen LogP) is 5.69. The Balaban J connectivity index is 1.85. The number of fused-ring (bicyclic) bond motifs is 1. The molecule has 0 aromatic heterocycles. The Morgan fingerprint density at radius 3 is 2.35 bits per heavy atom. The maximum atomic E-state index is 13.3. The summed E-state index contributed by atoms with van der Waals surface area (Å²) in [6, 6.07) is 12.1. The minimum atomic E-state index is -0.158. The van der Waals surface area contributed by atoms with Crippen molar-refractivity contribution in [3.8, 4) is 17.2 Å². The van der Waals surface area contributed by atoms with Crippen LogP contribution in [0.5, 0.6) is 17.2 Å². The molecule has 1 aliphatic carbocycles. The van der Waals surface area contributed by atoms with Crippen LogP contribution < -0.4 is 19.5 Å². The van der Waals surface area contributed by atoms with Gasteiger partial charge in [0.15, 0.2) is 17.3 Å². The van der Waals surface area contributed by atoms with Crippen molar-refractivity contribution in [2.75, 3.05) is 26.1 Å². The lowest BCUT2D eigenvalue weighted by molar-refractivity contribution is -0.118. The number of benzene rings is 2. The summed E-state index contributed by atoms with van der Waals surface area (Å²) in [6.07, 6.45) is 2.34. The second kappa shape index (κ2) is 8.29. The van der Waals surface area contributed by atoms with E-state index in [9.17, 15) is 4.79 Å². The maximum absolute atomic E-state index is 13.3. The van der Waals surface area contributed by atoms with Gasteiger partial charge in [-0.2, -0.15) is 0 Å². The number of rotatable bonds is 6. The van der Waals surface area contributed by atoms with Crippen LogP contribution in [0.15, 0.2) is 47.7 Å². The number of carbonyl (C=O) groups excluding carboxylic acids is 1. The van der Waals surface area contributed by atoms with Gasteiger partial charge in [0, 0.05) is 35.4 Å². The number of hydrogen-bond donors (Lipinski definition) is 1. The van der Waals surface area contributed by atoms with E-state index in [4.69, 9.17) is 14.2 Å². The largest absolute Gasteiger partial charge is 0.494 e. The Hall–Kier alpha value is -2.95. The van der Waals surface area contributed by atoms with Gasteiger partial charge in [0.25, 0.3) is 0 Å². The second-order valence-electron chi connectivity index (χ2n) is 9.10. The number of hydrogen-bond acceptors (Lipinski definition) is 5. The van der Waals surface area contributed by atoms with E-state index in [1.54, 1.807) is 14.2 Å². The van der Waals surface area contributed by atoms with Crippen molar-refractivity contribution in [3.05, 3.63) is 58.8 Å². The van der Waals surface area contributed by atoms with Gasteiger partial charge in [-0.05, 0) is 47.6 Å². The van der Waals surface area contributed by atoms with E-state index >= 15 is 0 Å². The molecular weight excluding hydrogens is 390 g/mol. The molecule has 1 aliphatic heterocycles. The highest BCUT2D eigenvalue weighted by molar-refractivity contribution is 6.01. The predicted molar refractivity (Wildman–Crippen MR) is 122 cm³/mol. The molecule has 0 fully saturated rings. The Bertz CT molecular complexity index is 1020. The molecule has 2 aromatic carbocycles. The minimum absolute atomic E-state index is 0.0701. The topological polar surface area (TPSA) is 56.8 Å². The highest BCUT2D eigenvalue weighted by atomic mass is 16.5. The zero-order valence-electron chi connectivity index (χ0n) is 19.0.